The highest BCUT2D eigenvalue weighted by molar-refractivity contribution is 7.92. The average molecular weight is 558 g/mol. The summed E-state index contributed by atoms with van der Waals surface area (Å²) in [5.41, 5.74) is -1.11. The second-order valence-electron chi connectivity index (χ2n) is 10.4. The van der Waals surface area contributed by atoms with E-state index in [0.717, 1.165) is 12.3 Å². The molecule has 0 N–H and O–H groups in total. The first-order valence-corrected chi connectivity index (χ1v) is 15.1. The normalized spacial score (nSPS) is 21.4. The molecular formula is C26H30F3NO5S2. The Hall–Kier alpha value is -2.42. The highest BCUT2D eigenvalue weighted by Crippen LogP contribution is 2.44. The van der Waals surface area contributed by atoms with Crippen molar-refractivity contribution in [2.75, 3.05) is 12.9 Å². The average Bonchev–Trinajstić information content (AvgIpc) is 2.82. The molecule has 2 aromatic rings. The molecule has 2 unspecified atom stereocenters. The first-order valence-electron chi connectivity index (χ1n) is 11.7. The highest BCUT2D eigenvalue weighted by Gasteiger charge is 2.46. The van der Waals surface area contributed by atoms with Crippen molar-refractivity contribution < 1.29 is 34.7 Å². The van der Waals surface area contributed by atoms with E-state index >= 15 is 0 Å². The van der Waals surface area contributed by atoms with E-state index in [1.807, 2.05) is 13.0 Å². The van der Waals surface area contributed by atoms with Gasteiger partial charge in [0.15, 0.2) is 19.7 Å². The number of sulfone groups is 2. The van der Waals surface area contributed by atoms with Gasteiger partial charge in [0.25, 0.3) is 0 Å². The SMILES string of the molecule is CCC(C)(C)c1cc(C(F)(F)F)cc(S(=O)(=O)C2(C)CCOC(c3ccc(C#N)c(S(C)(=O)=O)c3)C2)c1. The summed E-state index contributed by atoms with van der Waals surface area (Å²) in [5.74, 6) is 0. The Labute approximate surface area is 216 Å². The topological polar surface area (TPSA) is 101 Å². The van der Waals surface area contributed by atoms with Crippen molar-refractivity contribution in [2.45, 2.75) is 79.2 Å². The van der Waals surface area contributed by atoms with Gasteiger partial charge < -0.3 is 4.74 Å². The summed E-state index contributed by atoms with van der Waals surface area (Å²) >= 11 is 0. The van der Waals surface area contributed by atoms with Gasteiger partial charge in [0.05, 0.1) is 31.8 Å². The van der Waals surface area contributed by atoms with E-state index in [0.29, 0.717) is 18.1 Å². The van der Waals surface area contributed by atoms with E-state index in [4.69, 9.17) is 4.74 Å². The summed E-state index contributed by atoms with van der Waals surface area (Å²) in [4.78, 5) is -0.603. The maximum atomic E-state index is 13.9. The number of hydrogen-bond acceptors (Lipinski definition) is 6. The molecule has 0 saturated carbocycles. The first-order chi connectivity index (χ1) is 16.9. The molecule has 0 radical (unpaired) electrons. The molecule has 1 fully saturated rings. The molecule has 1 heterocycles. The Balaban J connectivity index is 2.10. The van der Waals surface area contributed by atoms with Gasteiger partial charge in [-0.05, 0) is 73.1 Å². The lowest BCUT2D eigenvalue weighted by Crippen LogP contribution is -2.42. The van der Waals surface area contributed by atoms with Crippen LogP contribution in [0.5, 0.6) is 0 Å². The van der Waals surface area contributed by atoms with Gasteiger partial charge in [0, 0.05) is 12.9 Å². The molecule has 2 aromatic carbocycles. The van der Waals surface area contributed by atoms with Crippen LogP contribution < -0.4 is 0 Å². The van der Waals surface area contributed by atoms with Crippen LogP contribution in [0.2, 0.25) is 0 Å². The Morgan fingerprint density at radius 2 is 1.70 bits per heavy atom. The van der Waals surface area contributed by atoms with Crippen LogP contribution in [-0.2, 0) is 36.0 Å². The molecule has 1 aliphatic rings. The van der Waals surface area contributed by atoms with Crippen molar-refractivity contribution in [2.24, 2.45) is 0 Å². The standard InChI is InChI=1S/C26H30F3NO5S2/c1-6-24(2,3)19-12-20(26(27,28)29)14-21(13-19)37(33,34)25(4)9-10-35-22(15-25)17-7-8-18(16-30)23(11-17)36(5,31)32/h7-8,11-14,22H,6,9-10,15H2,1-5H3. The van der Waals surface area contributed by atoms with Gasteiger partial charge in [-0.25, -0.2) is 16.8 Å². The summed E-state index contributed by atoms with van der Waals surface area (Å²) in [6, 6.07) is 8.97. The minimum Gasteiger partial charge on any atom is -0.373 e. The zero-order valence-electron chi connectivity index (χ0n) is 21.3. The number of nitrogens with zero attached hydrogens (tertiary/aromatic N) is 1. The molecule has 0 amide bonds. The van der Waals surface area contributed by atoms with Gasteiger partial charge in [-0.3, -0.25) is 0 Å². The van der Waals surface area contributed by atoms with Gasteiger partial charge in [-0.15, -0.1) is 0 Å². The van der Waals surface area contributed by atoms with Crippen molar-refractivity contribution in [3.63, 3.8) is 0 Å². The number of alkyl halides is 3. The van der Waals surface area contributed by atoms with Crippen molar-refractivity contribution in [3.05, 3.63) is 58.7 Å². The third-order valence-electron chi connectivity index (χ3n) is 7.32. The molecular weight excluding hydrogens is 527 g/mol. The molecule has 0 spiro atoms. The lowest BCUT2D eigenvalue weighted by molar-refractivity contribution is -0.137. The number of hydrogen-bond donors (Lipinski definition) is 0. The van der Waals surface area contributed by atoms with Crippen LogP contribution in [0, 0.1) is 11.3 Å². The van der Waals surface area contributed by atoms with E-state index in [1.54, 1.807) is 13.8 Å². The molecule has 1 saturated heterocycles. The fourth-order valence-corrected chi connectivity index (χ4v) is 7.08. The predicted molar refractivity (Wildman–Crippen MR) is 133 cm³/mol. The minimum atomic E-state index is -4.73. The molecule has 6 nitrogen and oxygen atoms in total. The Morgan fingerprint density at radius 1 is 1.08 bits per heavy atom. The maximum absolute atomic E-state index is 13.9. The van der Waals surface area contributed by atoms with Crippen LogP contribution in [0.4, 0.5) is 13.2 Å². The lowest BCUT2D eigenvalue weighted by Gasteiger charge is -2.38. The van der Waals surface area contributed by atoms with Crippen molar-refractivity contribution in [3.8, 4) is 6.07 Å². The summed E-state index contributed by atoms with van der Waals surface area (Å²) < 4.78 is 97.8. The van der Waals surface area contributed by atoms with Crippen LogP contribution in [0.25, 0.3) is 0 Å². The smallest absolute Gasteiger partial charge is 0.373 e. The predicted octanol–water partition coefficient (Wildman–Crippen LogP) is 5.75. The zero-order valence-corrected chi connectivity index (χ0v) is 22.9. The van der Waals surface area contributed by atoms with Crippen molar-refractivity contribution in [1.82, 2.24) is 0 Å². The largest absolute Gasteiger partial charge is 0.416 e. The third kappa shape index (κ3) is 5.71. The fraction of sp³-hybridized carbons (Fsp3) is 0.500. The van der Waals surface area contributed by atoms with Crippen molar-refractivity contribution in [1.29, 1.82) is 5.26 Å². The second-order valence-corrected chi connectivity index (χ2v) is 14.8. The Bertz CT molecular complexity index is 1460. The third-order valence-corrected chi connectivity index (χ3v) is 11.0. The number of ether oxygens (including phenoxy) is 1. The molecule has 1 aliphatic heterocycles. The van der Waals surface area contributed by atoms with Gasteiger partial charge in [0.1, 0.15) is 6.07 Å². The van der Waals surface area contributed by atoms with E-state index in [1.165, 1.54) is 31.2 Å². The lowest BCUT2D eigenvalue weighted by atomic mass is 9.81. The number of halogens is 3. The number of rotatable bonds is 6. The van der Waals surface area contributed by atoms with Crippen LogP contribution in [-0.4, -0.2) is 34.4 Å². The Morgan fingerprint density at radius 3 is 2.24 bits per heavy atom. The number of benzene rings is 2. The molecule has 0 aromatic heterocycles. The zero-order chi connectivity index (χ0) is 28.0. The second kappa shape index (κ2) is 9.71. The molecule has 37 heavy (non-hydrogen) atoms. The highest BCUT2D eigenvalue weighted by atomic mass is 32.2. The minimum absolute atomic E-state index is 0.000871. The summed E-state index contributed by atoms with van der Waals surface area (Å²) in [6.45, 7) is 6.82. The van der Waals surface area contributed by atoms with Crippen LogP contribution in [0.15, 0.2) is 46.2 Å². The van der Waals surface area contributed by atoms with Gasteiger partial charge in [-0.1, -0.05) is 26.8 Å². The summed E-state index contributed by atoms with van der Waals surface area (Å²) in [5, 5.41) is 9.27. The summed E-state index contributed by atoms with van der Waals surface area (Å²) in [7, 11) is -8.03. The Kier molecular flexibility index (Phi) is 7.65. The molecule has 11 heteroatoms. The van der Waals surface area contributed by atoms with Gasteiger partial charge >= 0.3 is 6.18 Å². The maximum Gasteiger partial charge on any atom is 0.416 e. The van der Waals surface area contributed by atoms with E-state index < -0.39 is 52.6 Å². The van der Waals surface area contributed by atoms with Gasteiger partial charge in [0.2, 0.25) is 0 Å². The van der Waals surface area contributed by atoms with Gasteiger partial charge in [-0.2, -0.15) is 18.4 Å². The molecule has 3 rings (SSSR count). The van der Waals surface area contributed by atoms with Crippen LogP contribution >= 0.6 is 0 Å². The van der Waals surface area contributed by atoms with E-state index in [-0.39, 0.29) is 35.5 Å². The quantitative estimate of drug-likeness (QED) is 0.448. The molecule has 0 bridgehead atoms. The van der Waals surface area contributed by atoms with E-state index in [9.17, 15) is 35.3 Å². The first kappa shape index (κ1) is 29.1. The van der Waals surface area contributed by atoms with Crippen molar-refractivity contribution >= 4 is 19.7 Å². The van der Waals surface area contributed by atoms with Crippen LogP contribution in [0.1, 0.15) is 75.3 Å². The molecule has 2 atom stereocenters. The molecule has 202 valence electrons. The monoisotopic (exact) mass is 557 g/mol. The van der Waals surface area contributed by atoms with E-state index in [2.05, 4.69) is 0 Å². The van der Waals surface area contributed by atoms with Crippen LogP contribution in [0.3, 0.4) is 0 Å². The summed E-state index contributed by atoms with van der Waals surface area (Å²) in [6.07, 6.45) is -4.15. The fourth-order valence-electron chi connectivity index (χ4n) is 4.36. The molecule has 0 aliphatic carbocycles. The number of nitriles is 1.